The van der Waals surface area contributed by atoms with Gasteiger partial charge in [-0.1, -0.05) is 42.5 Å². The largest absolute Gasteiger partial charge is 0.358 e. The molecule has 134 valence electrons. The Kier molecular flexibility index (Phi) is 5.52. The Balaban J connectivity index is 1.58. The Morgan fingerprint density at radius 1 is 1.04 bits per heavy atom. The highest BCUT2D eigenvalue weighted by molar-refractivity contribution is 5.76. The molecule has 26 heavy (non-hydrogen) atoms. The highest BCUT2D eigenvalue weighted by atomic mass is 19.1. The Bertz CT molecular complexity index is 855. The highest BCUT2D eigenvalue weighted by Crippen LogP contribution is 2.21. The summed E-state index contributed by atoms with van der Waals surface area (Å²) in [6.45, 7) is 1.95. The number of carbonyl (C=O) groups is 1. The van der Waals surface area contributed by atoms with Crippen molar-refractivity contribution in [1.82, 2.24) is 9.88 Å². The van der Waals surface area contributed by atoms with E-state index in [0.29, 0.717) is 12.8 Å². The topological polar surface area (TPSA) is 36.1 Å². The molecule has 0 radical (unpaired) electrons. The lowest BCUT2D eigenvalue weighted by atomic mass is 10.1. The SMILES string of the molecule is C[C@@H](c1ccc(F)cc1)N(C)C(=O)CCc1ccc(-c2ccccc2)[nH]1. The maximum absolute atomic E-state index is 13.1. The van der Waals surface area contributed by atoms with Crippen molar-refractivity contribution in [3.63, 3.8) is 0 Å². The summed E-state index contributed by atoms with van der Waals surface area (Å²) in [6, 6.07) is 20.4. The fourth-order valence-corrected chi connectivity index (χ4v) is 2.97. The van der Waals surface area contributed by atoms with Crippen LogP contribution in [0.25, 0.3) is 11.3 Å². The second-order valence-corrected chi connectivity index (χ2v) is 6.50. The summed E-state index contributed by atoms with van der Waals surface area (Å²) in [4.78, 5) is 17.6. The zero-order chi connectivity index (χ0) is 18.5. The van der Waals surface area contributed by atoms with E-state index in [9.17, 15) is 9.18 Å². The molecular formula is C22H23FN2O. The predicted molar refractivity (Wildman–Crippen MR) is 102 cm³/mol. The van der Waals surface area contributed by atoms with Gasteiger partial charge in [0.25, 0.3) is 0 Å². The van der Waals surface area contributed by atoms with Crippen LogP contribution in [0.1, 0.15) is 30.6 Å². The number of amides is 1. The van der Waals surface area contributed by atoms with Gasteiger partial charge in [0.1, 0.15) is 5.82 Å². The molecule has 1 amide bonds. The summed E-state index contributed by atoms with van der Waals surface area (Å²) in [5.74, 6) is -0.200. The Hall–Kier alpha value is -2.88. The van der Waals surface area contributed by atoms with Crippen molar-refractivity contribution < 1.29 is 9.18 Å². The molecule has 2 aromatic carbocycles. The van der Waals surface area contributed by atoms with E-state index >= 15 is 0 Å². The summed E-state index contributed by atoms with van der Waals surface area (Å²) >= 11 is 0. The van der Waals surface area contributed by atoms with Crippen LogP contribution in [0.3, 0.4) is 0 Å². The number of aromatic nitrogens is 1. The number of hydrogen-bond acceptors (Lipinski definition) is 1. The first kappa shape index (κ1) is 17.9. The third-order valence-electron chi connectivity index (χ3n) is 4.77. The van der Waals surface area contributed by atoms with Gasteiger partial charge in [-0.25, -0.2) is 4.39 Å². The van der Waals surface area contributed by atoms with E-state index in [4.69, 9.17) is 0 Å². The van der Waals surface area contributed by atoms with Crippen LogP contribution in [0.2, 0.25) is 0 Å². The van der Waals surface area contributed by atoms with Crippen LogP contribution in [-0.4, -0.2) is 22.8 Å². The fraction of sp³-hybridized carbons (Fsp3) is 0.227. The Labute approximate surface area is 153 Å². The maximum atomic E-state index is 13.1. The van der Waals surface area contributed by atoms with Gasteiger partial charge < -0.3 is 9.88 Å². The van der Waals surface area contributed by atoms with E-state index in [1.165, 1.54) is 12.1 Å². The summed E-state index contributed by atoms with van der Waals surface area (Å²) in [5.41, 5.74) is 4.15. The van der Waals surface area contributed by atoms with Crippen LogP contribution in [0.4, 0.5) is 4.39 Å². The van der Waals surface area contributed by atoms with Crippen LogP contribution in [0.5, 0.6) is 0 Å². The standard InChI is InChI=1S/C22H23FN2O/c1-16(17-8-10-19(23)11-9-17)25(2)22(26)15-13-20-12-14-21(24-20)18-6-4-3-5-7-18/h3-12,14,16,24H,13,15H2,1-2H3/t16-/m0/s1. The number of hydrogen-bond donors (Lipinski definition) is 1. The molecule has 0 aliphatic carbocycles. The second-order valence-electron chi connectivity index (χ2n) is 6.50. The molecule has 4 heteroatoms. The molecule has 1 aromatic heterocycles. The molecule has 0 bridgehead atoms. The molecule has 3 rings (SSSR count). The molecule has 3 nitrogen and oxygen atoms in total. The monoisotopic (exact) mass is 350 g/mol. The van der Waals surface area contributed by atoms with Gasteiger partial charge in [0.15, 0.2) is 0 Å². The minimum atomic E-state index is -0.268. The molecular weight excluding hydrogens is 327 g/mol. The summed E-state index contributed by atoms with van der Waals surface area (Å²) in [6.07, 6.45) is 1.09. The second kappa shape index (κ2) is 8.00. The lowest BCUT2D eigenvalue weighted by molar-refractivity contribution is -0.131. The smallest absolute Gasteiger partial charge is 0.223 e. The predicted octanol–water partition coefficient (Wildman–Crippen LogP) is 4.97. The molecule has 1 atom stereocenters. The van der Waals surface area contributed by atoms with Crippen LogP contribution in [0.15, 0.2) is 66.7 Å². The first-order valence-electron chi connectivity index (χ1n) is 8.79. The minimum absolute atomic E-state index is 0.0673. The third-order valence-corrected chi connectivity index (χ3v) is 4.77. The molecule has 1 N–H and O–H groups in total. The van der Waals surface area contributed by atoms with Gasteiger partial charge in [-0.3, -0.25) is 4.79 Å². The first-order chi connectivity index (χ1) is 12.5. The van der Waals surface area contributed by atoms with E-state index in [1.54, 1.807) is 24.1 Å². The quantitative estimate of drug-likeness (QED) is 0.669. The molecule has 0 unspecified atom stereocenters. The minimum Gasteiger partial charge on any atom is -0.358 e. The van der Waals surface area contributed by atoms with Gasteiger partial charge in [0.2, 0.25) is 5.91 Å². The Morgan fingerprint density at radius 2 is 1.73 bits per heavy atom. The van der Waals surface area contributed by atoms with Gasteiger partial charge in [0, 0.05) is 24.9 Å². The highest BCUT2D eigenvalue weighted by Gasteiger charge is 2.17. The Morgan fingerprint density at radius 3 is 2.42 bits per heavy atom. The lowest BCUT2D eigenvalue weighted by Crippen LogP contribution is -2.29. The number of benzene rings is 2. The van der Waals surface area contributed by atoms with Gasteiger partial charge in [-0.15, -0.1) is 0 Å². The average Bonchev–Trinajstić information content (AvgIpc) is 3.15. The molecule has 1 heterocycles. The summed E-state index contributed by atoms with van der Waals surface area (Å²) in [7, 11) is 1.79. The van der Waals surface area contributed by atoms with Crippen LogP contribution < -0.4 is 0 Å². The zero-order valence-electron chi connectivity index (χ0n) is 15.1. The number of carbonyl (C=O) groups excluding carboxylic acids is 1. The van der Waals surface area contributed by atoms with Gasteiger partial charge >= 0.3 is 0 Å². The third kappa shape index (κ3) is 4.20. The van der Waals surface area contributed by atoms with Crippen molar-refractivity contribution >= 4 is 5.91 Å². The number of halogens is 1. The zero-order valence-corrected chi connectivity index (χ0v) is 15.1. The lowest BCUT2D eigenvalue weighted by Gasteiger charge is -2.25. The summed E-state index contributed by atoms with van der Waals surface area (Å²) < 4.78 is 13.1. The van der Waals surface area contributed by atoms with Crippen LogP contribution >= 0.6 is 0 Å². The molecule has 3 aromatic rings. The van der Waals surface area contributed by atoms with Crippen LogP contribution in [0, 0.1) is 5.82 Å². The number of aryl methyl sites for hydroxylation is 1. The molecule has 0 spiro atoms. The molecule has 0 saturated carbocycles. The normalized spacial score (nSPS) is 12.0. The number of aromatic amines is 1. The number of H-pyrrole nitrogens is 1. The van der Waals surface area contributed by atoms with Crippen molar-refractivity contribution in [2.45, 2.75) is 25.8 Å². The first-order valence-corrected chi connectivity index (χ1v) is 8.79. The van der Waals surface area contributed by atoms with E-state index < -0.39 is 0 Å². The molecule has 0 saturated heterocycles. The van der Waals surface area contributed by atoms with Gasteiger partial charge in [-0.2, -0.15) is 0 Å². The van der Waals surface area contributed by atoms with Crippen molar-refractivity contribution in [2.75, 3.05) is 7.05 Å². The number of nitrogens with zero attached hydrogens (tertiary/aromatic N) is 1. The van der Waals surface area contributed by atoms with Crippen molar-refractivity contribution in [2.24, 2.45) is 0 Å². The molecule has 0 aliphatic heterocycles. The molecule has 0 aliphatic rings. The van der Waals surface area contributed by atoms with Crippen molar-refractivity contribution in [3.05, 3.63) is 83.8 Å². The maximum Gasteiger partial charge on any atom is 0.223 e. The number of nitrogens with one attached hydrogen (secondary N) is 1. The van der Waals surface area contributed by atoms with Crippen molar-refractivity contribution in [3.8, 4) is 11.3 Å². The van der Waals surface area contributed by atoms with E-state index in [2.05, 4.69) is 17.1 Å². The van der Waals surface area contributed by atoms with Crippen LogP contribution in [-0.2, 0) is 11.2 Å². The van der Waals surface area contributed by atoms with E-state index in [-0.39, 0.29) is 17.8 Å². The van der Waals surface area contributed by atoms with Gasteiger partial charge in [-0.05, 0) is 48.7 Å². The number of rotatable bonds is 6. The average molecular weight is 350 g/mol. The van der Waals surface area contributed by atoms with Crippen molar-refractivity contribution in [1.29, 1.82) is 0 Å². The van der Waals surface area contributed by atoms with E-state index in [0.717, 1.165) is 22.5 Å². The fourth-order valence-electron chi connectivity index (χ4n) is 2.97. The molecule has 0 fully saturated rings. The van der Waals surface area contributed by atoms with E-state index in [1.807, 2.05) is 37.3 Å². The van der Waals surface area contributed by atoms with Gasteiger partial charge in [0.05, 0.1) is 6.04 Å². The summed E-state index contributed by atoms with van der Waals surface area (Å²) in [5, 5.41) is 0.